The van der Waals surface area contributed by atoms with Crippen LogP contribution in [0.5, 0.6) is 5.88 Å². The average Bonchev–Trinajstić information content (AvgIpc) is 2.63. The van der Waals surface area contributed by atoms with Gasteiger partial charge in [-0.3, -0.25) is 0 Å². The molecule has 0 aliphatic carbocycles. The Kier molecular flexibility index (Phi) is 4.11. The van der Waals surface area contributed by atoms with Gasteiger partial charge in [0, 0.05) is 18.3 Å². The van der Waals surface area contributed by atoms with Gasteiger partial charge in [0.2, 0.25) is 0 Å². The number of nitrogens with zero attached hydrogens (tertiary/aromatic N) is 2. The van der Waals surface area contributed by atoms with E-state index in [1.165, 1.54) is 12.3 Å². The van der Waals surface area contributed by atoms with E-state index in [-0.39, 0.29) is 11.9 Å². The number of hydrogen-bond acceptors (Lipinski definition) is 5. The zero-order chi connectivity index (χ0) is 13.1. The Balaban J connectivity index is 2.71. The van der Waals surface area contributed by atoms with Gasteiger partial charge in [-0.25, -0.2) is 4.79 Å². The minimum atomic E-state index is -3.62. The summed E-state index contributed by atoms with van der Waals surface area (Å²) in [5.41, 5.74) is 0. The van der Waals surface area contributed by atoms with Crippen LogP contribution in [0.2, 0.25) is 0 Å². The SMILES string of the molecule is CCC(C)NC(=O)n1ccc(OS(C)(=O)=O)n1. The molecule has 1 heterocycles. The number of nitrogens with one attached hydrogen (secondary N) is 1. The normalized spacial score (nSPS) is 13.1. The number of carbonyl (C=O) groups excluding carboxylic acids is 1. The van der Waals surface area contributed by atoms with Crippen molar-refractivity contribution in [2.75, 3.05) is 6.26 Å². The Hall–Kier alpha value is -1.57. The topological polar surface area (TPSA) is 90.3 Å². The molecule has 1 amide bonds. The number of amides is 1. The molecule has 0 fully saturated rings. The van der Waals surface area contributed by atoms with E-state index in [0.717, 1.165) is 17.4 Å². The Morgan fingerprint density at radius 3 is 2.82 bits per heavy atom. The van der Waals surface area contributed by atoms with Crippen molar-refractivity contribution in [2.45, 2.75) is 26.3 Å². The van der Waals surface area contributed by atoms with Crippen molar-refractivity contribution in [1.29, 1.82) is 0 Å². The molecule has 1 rings (SSSR count). The number of carbonyl (C=O) groups is 1. The summed E-state index contributed by atoms with van der Waals surface area (Å²) in [6, 6.07) is 0.894. The zero-order valence-corrected chi connectivity index (χ0v) is 10.7. The van der Waals surface area contributed by atoms with E-state index in [9.17, 15) is 13.2 Å². The molecular formula is C9H15N3O4S. The second kappa shape index (κ2) is 5.17. The summed E-state index contributed by atoms with van der Waals surface area (Å²) >= 11 is 0. The second-order valence-corrected chi connectivity index (χ2v) is 5.22. The highest BCUT2D eigenvalue weighted by Gasteiger charge is 2.12. The molecule has 0 saturated carbocycles. The summed E-state index contributed by atoms with van der Waals surface area (Å²) < 4.78 is 27.2. The third-order valence-corrected chi connectivity index (χ3v) is 2.47. The van der Waals surface area contributed by atoms with Gasteiger partial charge in [0.25, 0.3) is 5.88 Å². The first-order valence-electron chi connectivity index (χ1n) is 5.08. The van der Waals surface area contributed by atoms with Gasteiger partial charge in [-0.1, -0.05) is 6.92 Å². The molecule has 7 nitrogen and oxygen atoms in total. The predicted molar refractivity (Wildman–Crippen MR) is 61.4 cm³/mol. The first kappa shape index (κ1) is 13.5. The Bertz CT molecular complexity index is 494. The summed E-state index contributed by atoms with van der Waals surface area (Å²) in [6.45, 7) is 3.79. The van der Waals surface area contributed by atoms with Gasteiger partial charge in [-0.15, -0.1) is 5.10 Å². The van der Waals surface area contributed by atoms with Gasteiger partial charge in [0.05, 0.1) is 6.26 Å². The lowest BCUT2D eigenvalue weighted by atomic mass is 10.3. The second-order valence-electron chi connectivity index (χ2n) is 3.64. The predicted octanol–water partition coefficient (Wildman–Crippen LogP) is 0.578. The summed E-state index contributed by atoms with van der Waals surface area (Å²) in [5.74, 6) is -0.133. The highest BCUT2D eigenvalue weighted by Crippen LogP contribution is 2.07. The van der Waals surface area contributed by atoms with Gasteiger partial charge >= 0.3 is 16.1 Å². The number of hydrogen-bond donors (Lipinski definition) is 1. The molecule has 0 aliphatic heterocycles. The Labute approximate surface area is 99.9 Å². The molecule has 96 valence electrons. The summed E-state index contributed by atoms with van der Waals surface area (Å²) in [5, 5.41) is 6.36. The molecule has 0 spiro atoms. The molecule has 1 aromatic heterocycles. The van der Waals surface area contributed by atoms with E-state index in [4.69, 9.17) is 0 Å². The molecule has 0 aromatic carbocycles. The first-order valence-corrected chi connectivity index (χ1v) is 6.89. The maximum atomic E-state index is 11.6. The zero-order valence-electron chi connectivity index (χ0n) is 9.87. The molecule has 8 heteroatoms. The standard InChI is InChI=1S/C9H15N3O4S/c1-4-7(2)10-9(13)12-6-5-8(11-12)16-17(3,14)15/h5-7H,4H2,1-3H3,(H,10,13). The third-order valence-electron chi connectivity index (χ3n) is 1.99. The monoisotopic (exact) mass is 261 g/mol. The fourth-order valence-electron chi connectivity index (χ4n) is 0.999. The maximum Gasteiger partial charge on any atom is 0.342 e. The third kappa shape index (κ3) is 4.43. The van der Waals surface area contributed by atoms with E-state index in [0.29, 0.717) is 0 Å². The summed E-state index contributed by atoms with van der Waals surface area (Å²) in [4.78, 5) is 11.6. The molecule has 0 bridgehead atoms. The van der Waals surface area contributed by atoms with Crippen LogP contribution in [0, 0.1) is 0 Å². The quantitative estimate of drug-likeness (QED) is 0.800. The van der Waals surface area contributed by atoms with Crippen LogP contribution in [0.1, 0.15) is 20.3 Å². The van der Waals surface area contributed by atoms with Crippen LogP contribution in [-0.4, -0.2) is 36.5 Å². The van der Waals surface area contributed by atoms with Crippen LogP contribution in [0.3, 0.4) is 0 Å². The molecule has 1 N–H and O–H groups in total. The minimum Gasteiger partial charge on any atom is -0.360 e. The molecule has 0 aliphatic rings. The largest absolute Gasteiger partial charge is 0.360 e. The van der Waals surface area contributed by atoms with Crippen molar-refractivity contribution in [3.8, 4) is 5.88 Å². The van der Waals surface area contributed by atoms with Crippen LogP contribution < -0.4 is 9.50 Å². The summed E-state index contributed by atoms with van der Waals surface area (Å²) in [7, 11) is -3.62. The van der Waals surface area contributed by atoms with Crippen molar-refractivity contribution in [3.05, 3.63) is 12.3 Å². The molecule has 1 unspecified atom stereocenters. The molecule has 1 aromatic rings. The van der Waals surface area contributed by atoms with Gasteiger partial charge < -0.3 is 9.50 Å². The van der Waals surface area contributed by atoms with Crippen LogP contribution in [0.25, 0.3) is 0 Å². The van der Waals surface area contributed by atoms with Crippen molar-refractivity contribution in [2.24, 2.45) is 0 Å². The van der Waals surface area contributed by atoms with E-state index >= 15 is 0 Å². The van der Waals surface area contributed by atoms with Crippen LogP contribution in [-0.2, 0) is 10.1 Å². The van der Waals surface area contributed by atoms with Crippen molar-refractivity contribution >= 4 is 16.1 Å². The fraction of sp³-hybridized carbons (Fsp3) is 0.556. The lowest BCUT2D eigenvalue weighted by Crippen LogP contribution is -2.35. The average molecular weight is 261 g/mol. The lowest BCUT2D eigenvalue weighted by molar-refractivity contribution is 0.235. The van der Waals surface area contributed by atoms with E-state index in [1.807, 2.05) is 13.8 Å². The molecular weight excluding hydrogens is 246 g/mol. The molecule has 1 atom stereocenters. The lowest BCUT2D eigenvalue weighted by Gasteiger charge is -2.10. The minimum absolute atomic E-state index is 0.0194. The van der Waals surface area contributed by atoms with Crippen molar-refractivity contribution in [3.63, 3.8) is 0 Å². The maximum absolute atomic E-state index is 11.6. The molecule has 0 saturated heterocycles. The molecule has 17 heavy (non-hydrogen) atoms. The Morgan fingerprint density at radius 2 is 2.29 bits per heavy atom. The van der Waals surface area contributed by atoms with E-state index in [1.54, 1.807) is 0 Å². The van der Waals surface area contributed by atoms with Crippen molar-refractivity contribution < 1.29 is 17.4 Å². The summed E-state index contributed by atoms with van der Waals surface area (Å²) in [6.07, 6.45) is 3.03. The van der Waals surface area contributed by atoms with E-state index < -0.39 is 16.1 Å². The first-order chi connectivity index (χ1) is 7.81. The van der Waals surface area contributed by atoms with E-state index in [2.05, 4.69) is 14.6 Å². The highest BCUT2D eigenvalue weighted by molar-refractivity contribution is 7.86. The van der Waals surface area contributed by atoms with Gasteiger partial charge in [0.1, 0.15) is 0 Å². The van der Waals surface area contributed by atoms with Gasteiger partial charge in [-0.05, 0) is 13.3 Å². The molecule has 0 radical (unpaired) electrons. The highest BCUT2D eigenvalue weighted by atomic mass is 32.2. The fourth-order valence-corrected chi connectivity index (χ4v) is 1.40. The number of rotatable bonds is 4. The van der Waals surface area contributed by atoms with Crippen LogP contribution in [0.4, 0.5) is 4.79 Å². The van der Waals surface area contributed by atoms with Gasteiger partial charge in [0.15, 0.2) is 0 Å². The van der Waals surface area contributed by atoms with Crippen LogP contribution in [0.15, 0.2) is 12.3 Å². The van der Waals surface area contributed by atoms with Crippen LogP contribution >= 0.6 is 0 Å². The smallest absolute Gasteiger partial charge is 0.342 e. The Morgan fingerprint density at radius 1 is 1.65 bits per heavy atom. The number of aromatic nitrogens is 2. The van der Waals surface area contributed by atoms with Gasteiger partial charge in [-0.2, -0.15) is 13.1 Å². The van der Waals surface area contributed by atoms with Crippen molar-refractivity contribution in [1.82, 2.24) is 15.1 Å².